The van der Waals surface area contributed by atoms with E-state index >= 15 is 0 Å². The van der Waals surface area contributed by atoms with Crippen molar-refractivity contribution in [3.63, 3.8) is 0 Å². The molecule has 15 heavy (non-hydrogen) atoms. The number of aryl methyl sites for hydroxylation is 1. The maximum absolute atomic E-state index is 12.2. The van der Waals surface area contributed by atoms with Crippen LogP contribution in [0, 0.1) is 0 Å². The average Bonchev–Trinajstić information content (AvgIpc) is 2.46. The van der Waals surface area contributed by atoms with E-state index in [-0.39, 0.29) is 29.9 Å². The van der Waals surface area contributed by atoms with Gasteiger partial charge in [0.05, 0.1) is 18.4 Å². The van der Waals surface area contributed by atoms with Gasteiger partial charge < -0.3 is 11.1 Å². The van der Waals surface area contributed by atoms with E-state index in [1.165, 1.54) is 10.9 Å². The SMILES string of the molecule is CC(C)NC(=O)c1c(N)cnn1CCF. The summed E-state index contributed by atoms with van der Waals surface area (Å²) in [6.07, 6.45) is 1.35. The van der Waals surface area contributed by atoms with E-state index in [4.69, 9.17) is 5.73 Å². The number of carbonyl (C=O) groups is 1. The van der Waals surface area contributed by atoms with E-state index in [1.54, 1.807) is 0 Å². The molecule has 1 rings (SSSR count). The summed E-state index contributed by atoms with van der Waals surface area (Å²) in [5.41, 5.74) is 6.07. The highest BCUT2D eigenvalue weighted by atomic mass is 19.1. The highest BCUT2D eigenvalue weighted by Crippen LogP contribution is 2.10. The zero-order chi connectivity index (χ0) is 11.4. The van der Waals surface area contributed by atoms with Crippen LogP contribution in [-0.4, -0.2) is 28.4 Å². The van der Waals surface area contributed by atoms with Crippen LogP contribution in [0.4, 0.5) is 10.1 Å². The van der Waals surface area contributed by atoms with Crippen LogP contribution in [0.1, 0.15) is 24.3 Å². The number of amides is 1. The van der Waals surface area contributed by atoms with E-state index < -0.39 is 6.67 Å². The molecule has 6 heteroatoms. The molecule has 0 saturated heterocycles. The molecule has 0 unspecified atom stereocenters. The van der Waals surface area contributed by atoms with Crippen molar-refractivity contribution in [2.45, 2.75) is 26.4 Å². The van der Waals surface area contributed by atoms with Crippen molar-refractivity contribution >= 4 is 11.6 Å². The Labute approximate surface area is 87.4 Å². The lowest BCUT2D eigenvalue weighted by atomic mass is 10.3. The normalized spacial score (nSPS) is 10.7. The zero-order valence-electron chi connectivity index (χ0n) is 8.83. The van der Waals surface area contributed by atoms with E-state index in [1.807, 2.05) is 13.8 Å². The Kier molecular flexibility index (Phi) is 3.65. The Balaban J connectivity index is 2.90. The maximum Gasteiger partial charge on any atom is 0.271 e. The number of hydrogen-bond donors (Lipinski definition) is 2. The summed E-state index contributed by atoms with van der Waals surface area (Å²) in [6, 6.07) is 0.00521. The van der Waals surface area contributed by atoms with Crippen molar-refractivity contribution < 1.29 is 9.18 Å². The van der Waals surface area contributed by atoms with Gasteiger partial charge in [0.1, 0.15) is 12.4 Å². The molecule has 1 aromatic rings. The molecule has 0 saturated carbocycles. The Morgan fingerprint density at radius 3 is 2.93 bits per heavy atom. The largest absolute Gasteiger partial charge is 0.396 e. The molecule has 0 fully saturated rings. The first-order valence-corrected chi connectivity index (χ1v) is 4.74. The van der Waals surface area contributed by atoms with Gasteiger partial charge in [0, 0.05) is 6.04 Å². The van der Waals surface area contributed by atoms with Crippen LogP contribution in [0.3, 0.4) is 0 Å². The second-order valence-corrected chi connectivity index (χ2v) is 3.49. The van der Waals surface area contributed by atoms with Gasteiger partial charge in [0.2, 0.25) is 0 Å². The lowest BCUT2D eigenvalue weighted by Crippen LogP contribution is -2.32. The predicted molar refractivity (Wildman–Crippen MR) is 55.2 cm³/mol. The van der Waals surface area contributed by atoms with Crippen LogP contribution in [0.2, 0.25) is 0 Å². The second kappa shape index (κ2) is 4.77. The van der Waals surface area contributed by atoms with Crippen LogP contribution in [0.25, 0.3) is 0 Å². The Morgan fingerprint density at radius 2 is 2.40 bits per heavy atom. The fourth-order valence-corrected chi connectivity index (χ4v) is 1.23. The van der Waals surface area contributed by atoms with Gasteiger partial charge in [0.15, 0.2) is 0 Å². The lowest BCUT2D eigenvalue weighted by Gasteiger charge is -2.10. The van der Waals surface area contributed by atoms with Gasteiger partial charge in [-0.25, -0.2) is 4.39 Å². The standard InChI is InChI=1S/C9H15FN4O/c1-6(2)13-9(15)8-7(11)5-12-14(8)4-3-10/h5-6H,3-4,11H2,1-2H3,(H,13,15). The molecular formula is C9H15FN4O. The molecule has 5 nitrogen and oxygen atoms in total. The van der Waals surface area contributed by atoms with Crippen LogP contribution in [-0.2, 0) is 6.54 Å². The summed E-state index contributed by atoms with van der Waals surface area (Å²) in [5, 5.41) is 6.51. The summed E-state index contributed by atoms with van der Waals surface area (Å²) < 4.78 is 13.4. The predicted octanol–water partition coefficient (Wildman–Crippen LogP) is 0.573. The molecule has 1 amide bonds. The minimum atomic E-state index is -0.580. The molecule has 0 aliphatic heterocycles. The number of nitrogens with one attached hydrogen (secondary N) is 1. The van der Waals surface area contributed by atoms with Gasteiger partial charge in [0.25, 0.3) is 5.91 Å². The van der Waals surface area contributed by atoms with Crippen LogP contribution < -0.4 is 11.1 Å². The van der Waals surface area contributed by atoms with Crippen molar-refractivity contribution in [2.75, 3.05) is 12.4 Å². The summed E-state index contributed by atoms with van der Waals surface area (Å²) in [6.45, 7) is 3.13. The van der Waals surface area contributed by atoms with Crippen LogP contribution in [0.15, 0.2) is 6.20 Å². The van der Waals surface area contributed by atoms with Gasteiger partial charge in [-0.15, -0.1) is 0 Å². The lowest BCUT2D eigenvalue weighted by molar-refractivity contribution is 0.0932. The third kappa shape index (κ3) is 2.68. The number of rotatable bonds is 4. The first-order chi connectivity index (χ1) is 7.06. The number of nitrogens with zero attached hydrogens (tertiary/aromatic N) is 2. The first kappa shape index (κ1) is 11.5. The van der Waals surface area contributed by atoms with E-state index in [9.17, 15) is 9.18 Å². The number of anilines is 1. The number of alkyl halides is 1. The molecule has 3 N–H and O–H groups in total. The Hall–Kier alpha value is -1.59. The molecular weight excluding hydrogens is 199 g/mol. The minimum Gasteiger partial charge on any atom is -0.396 e. The van der Waals surface area contributed by atoms with Gasteiger partial charge in [-0.05, 0) is 13.8 Å². The van der Waals surface area contributed by atoms with Crippen molar-refractivity contribution in [1.82, 2.24) is 15.1 Å². The fourth-order valence-electron chi connectivity index (χ4n) is 1.23. The quantitative estimate of drug-likeness (QED) is 0.769. The van der Waals surface area contributed by atoms with Crippen molar-refractivity contribution in [3.8, 4) is 0 Å². The highest BCUT2D eigenvalue weighted by molar-refractivity contribution is 5.97. The maximum atomic E-state index is 12.2. The number of hydrogen-bond acceptors (Lipinski definition) is 3. The van der Waals surface area contributed by atoms with E-state index in [2.05, 4.69) is 10.4 Å². The second-order valence-electron chi connectivity index (χ2n) is 3.49. The topological polar surface area (TPSA) is 72.9 Å². The number of nitrogen functional groups attached to an aromatic ring is 1. The smallest absolute Gasteiger partial charge is 0.271 e. The third-order valence-corrected chi connectivity index (χ3v) is 1.80. The first-order valence-electron chi connectivity index (χ1n) is 4.74. The average molecular weight is 214 g/mol. The Bertz CT molecular complexity index is 348. The molecule has 0 aliphatic rings. The summed E-state index contributed by atoms with van der Waals surface area (Å²) in [4.78, 5) is 11.7. The van der Waals surface area contributed by atoms with Crippen molar-refractivity contribution in [3.05, 3.63) is 11.9 Å². The number of halogens is 1. The van der Waals surface area contributed by atoms with Gasteiger partial charge >= 0.3 is 0 Å². The summed E-state index contributed by atoms with van der Waals surface area (Å²) in [5.74, 6) is -0.326. The van der Waals surface area contributed by atoms with E-state index in [0.717, 1.165) is 0 Å². The fraction of sp³-hybridized carbons (Fsp3) is 0.556. The number of nitrogens with two attached hydrogens (primary N) is 1. The van der Waals surface area contributed by atoms with Crippen molar-refractivity contribution in [2.24, 2.45) is 0 Å². The monoisotopic (exact) mass is 214 g/mol. The van der Waals surface area contributed by atoms with E-state index in [0.29, 0.717) is 0 Å². The Morgan fingerprint density at radius 1 is 1.73 bits per heavy atom. The van der Waals surface area contributed by atoms with Crippen LogP contribution in [0.5, 0.6) is 0 Å². The number of aromatic nitrogens is 2. The molecule has 0 radical (unpaired) electrons. The molecule has 1 heterocycles. The number of carbonyl (C=O) groups excluding carboxylic acids is 1. The molecule has 84 valence electrons. The zero-order valence-corrected chi connectivity index (χ0v) is 8.83. The molecule has 0 spiro atoms. The molecule has 0 aromatic carbocycles. The molecule has 0 aliphatic carbocycles. The van der Waals surface area contributed by atoms with Gasteiger partial charge in [-0.2, -0.15) is 5.10 Å². The summed E-state index contributed by atoms with van der Waals surface area (Å²) >= 11 is 0. The molecule has 1 aromatic heterocycles. The van der Waals surface area contributed by atoms with Crippen LogP contribution >= 0.6 is 0 Å². The van der Waals surface area contributed by atoms with Gasteiger partial charge in [-0.1, -0.05) is 0 Å². The molecule has 0 atom stereocenters. The molecule has 0 bridgehead atoms. The summed E-state index contributed by atoms with van der Waals surface area (Å²) in [7, 11) is 0. The minimum absolute atomic E-state index is 0.00521. The van der Waals surface area contributed by atoms with Crippen molar-refractivity contribution in [1.29, 1.82) is 0 Å². The third-order valence-electron chi connectivity index (χ3n) is 1.80. The highest BCUT2D eigenvalue weighted by Gasteiger charge is 2.16. The van der Waals surface area contributed by atoms with Gasteiger partial charge in [-0.3, -0.25) is 9.48 Å².